The number of aromatic nitrogens is 1. The molecule has 3 aromatic carbocycles. The van der Waals surface area contributed by atoms with Gasteiger partial charge in [-0.1, -0.05) is 23.8 Å². The summed E-state index contributed by atoms with van der Waals surface area (Å²) in [7, 11) is -0.815. The third-order valence-electron chi connectivity index (χ3n) is 4.85. The van der Waals surface area contributed by atoms with Crippen LogP contribution in [0.4, 0.5) is 11.6 Å². The largest absolute Gasteiger partial charge is 0.497 e. The van der Waals surface area contributed by atoms with Crippen molar-refractivity contribution < 1.29 is 22.3 Å². The van der Waals surface area contributed by atoms with E-state index in [0.717, 1.165) is 5.56 Å². The summed E-state index contributed by atoms with van der Waals surface area (Å²) in [6, 6.07) is 20.7. The minimum Gasteiger partial charge on any atom is -0.497 e. The number of aryl methyl sites for hydroxylation is 1. The van der Waals surface area contributed by atoms with E-state index < -0.39 is 9.84 Å². The first-order valence-corrected chi connectivity index (χ1v) is 11.3. The van der Waals surface area contributed by atoms with Crippen molar-refractivity contribution in [3.8, 4) is 23.0 Å². The molecule has 164 valence electrons. The molecule has 0 saturated carbocycles. The standard InChI is InChI=1S/C24H22N2O5S/c1-16-7-13-21(14-8-16)32(27,28)24-23(25-18-5-4-6-20(15-18)30-3)31-22(26-24)17-9-11-19(29-2)12-10-17/h4-15,25H,1-3H3. The van der Waals surface area contributed by atoms with E-state index in [9.17, 15) is 8.42 Å². The molecule has 0 fully saturated rings. The van der Waals surface area contributed by atoms with Gasteiger partial charge in [-0.05, 0) is 55.5 Å². The Labute approximate surface area is 186 Å². The zero-order valence-electron chi connectivity index (χ0n) is 17.8. The molecule has 0 atom stereocenters. The molecule has 4 aromatic rings. The maximum absolute atomic E-state index is 13.4. The Kier molecular flexibility index (Phi) is 5.87. The normalized spacial score (nSPS) is 11.2. The Morgan fingerprint density at radius 1 is 0.875 bits per heavy atom. The highest BCUT2D eigenvalue weighted by molar-refractivity contribution is 7.91. The smallest absolute Gasteiger partial charge is 0.238 e. The van der Waals surface area contributed by atoms with Crippen LogP contribution in [0.3, 0.4) is 0 Å². The van der Waals surface area contributed by atoms with Crippen molar-refractivity contribution in [3.05, 3.63) is 78.4 Å². The van der Waals surface area contributed by atoms with Crippen LogP contribution in [0, 0.1) is 6.92 Å². The number of nitrogens with one attached hydrogen (secondary N) is 1. The van der Waals surface area contributed by atoms with Crippen LogP contribution in [0.25, 0.3) is 11.5 Å². The van der Waals surface area contributed by atoms with Gasteiger partial charge in [0.05, 0.1) is 19.1 Å². The molecule has 32 heavy (non-hydrogen) atoms. The zero-order chi connectivity index (χ0) is 22.7. The van der Waals surface area contributed by atoms with Gasteiger partial charge >= 0.3 is 0 Å². The second-order valence-corrected chi connectivity index (χ2v) is 8.92. The van der Waals surface area contributed by atoms with Crippen molar-refractivity contribution in [3.63, 3.8) is 0 Å². The number of oxazole rings is 1. The van der Waals surface area contributed by atoms with E-state index in [1.165, 1.54) is 0 Å². The predicted molar refractivity (Wildman–Crippen MR) is 121 cm³/mol. The molecule has 0 spiro atoms. The first-order valence-electron chi connectivity index (χ1n) is 9.79. The molecule has 0 bridgehead atoms. The summed E-state index contributed by atoms with van der Waals surface area (Å²) >= 11 is 0. The van der Waals surface area contributed by atoms with E-state index in [0.29, 0.717) is 22.7 Å². The minimum atomic E-state index is -3.95. The van der Waals surface area contributed by atoms with Crippen LogP contribution >= 0.6 is 0 Å². The number of hydrogen-bond acceptors (Lipinski definition) is 7. The van der Waals surface area contributed by atoms with Crippen molar-refractivity contribution in [1.82, 2.24) is 4.98 Å². The molecule has 1 aromatic heterocycles. The van der Waals surface area contributed by atoms with Gasteiger partial charge in [-0.3, -0.25) is 0 Å². The molecule has 0 aliphatic carbocycles. The van der Waals surface area contributed by atoms with Gasteiger partial charge in [0.25, 0.3) is 0 Å². The van der Waals surface area contributed by atoms with Gasteiger partial charge in [-0.2, -0.15) is 4.98 Å². The second kappa shape index (κ2) is 8.76. The lowest BCUT2D eigenvalue weighted by molar-refractivity contribution is 0.415. The van der Waals surface area contributed by atoms with E-state index in [2.05, 4.69) is 10.3 Å². The average molecular weight is 451 g/mol. The van der Waals surface area contributed by atoms with Crippen LogP contribution in [0.15, 0.2) is 87.1 Å². The first-order chi connectivity index (χ1) is 15.4. The molecule has 0 aliphatic heterocycles. The van der Waals surface area contributed by atoms with Crippen LogP contribution < -0.4 is 14.8 Å². The Morgan fingerprint density at radius 2 is 1.56 bits per heavy atom. The topological polar surface area (TPSA) is 90.7 Å². The second-order valence-electron chi connectivity index (χ2n) is 7.06. The van der Waals surface area contributed by atoms with Gasteiger partial charge in [0, 0.05) is 17.3 Å². The van der Waals surface area contributed by atoms with E-state index in [4.69, 9.17) is 13.9 Å². The number of rotatable bonds is 7. The minimum absolute atomic E-state index is 0.0182. The summed E-state index contributed by atoms with van der Waals surface area (Å²) in [4.78, 5) is 4.49. The highest BCUT2D eigenvalue weighted by Crippen LogP contribution is 2.35. The summed E-state index contributed by atoms with van der Waals surface area (Å²) in [5.74, 6) is 1.48. The summed E-state index contributed by atoms with van der Waals surface area (Å²) < 4.78 is 43.2. The Hall–Kier alpha value is -3.78. The summed E-state index contributed by atoms with van der Waals surface area (Å²) in [6.07, 6.45) is 0. The van der Waals surface area contributed by atoms with Crippen LogP contribution in [-0.2, 0) is 9.84 Å². The number of benzene rings is 3. The Morgan fingerprint density at radius 3 is 2.22 bits per heavy atom. The lowest BCUT2D eigenvalue weighted by Gasteiger charge is -2.08. The number of nitrogens with zero attached hydrogens (tertiary/aromatic N) is 1. The fourth-order valence-electron chi connectivity index (χ4n) is 3.09. The van der Waals surface area contributed by atoms with Gasteiger partial charge in [-0.25, -0.2) is 8.42 Å². The van der Waals surface area contributed by atoms with Crippen molar-refractivity contribution in [2.24, 2.45) is 0 Å². The Bertz CT molecular complexity index is 1330. The van der Waals surface area contributed by atoms with E-state index in [-0.39, 0.29) is 21.7 Å². The molecule has 0 saturated heterocycles. The number of anilines is 2. The van der Waals surface area contributed by atoms with Gasteiger partial charge in [-0.15, -0.1) is 0 Å². The average Bonchev–Trinajstić information content (AvgIpc) is 3.24. The zero-order valence-corrected chi connectivity index (χ0v) is 18.6. The lowest BCUT2D eigenvalue weighted by atomic mass is 10.2. The van der Waals surface area contributed by atoms with Crippen LogP contribution in [-0.4, -0.2) is 27.6 Å². The van der Waals surface area contributed by atoms with Crippen LogP contribution in [0.1, 0.15) is 5.56 Å². The molecule has 0 amide bonds. The molecule has 8 heteroatoms. The third-order valence-corrected chi connectivity index (χ3v) is 6.53. The van der Waals surface area contributed by atoms with Crippen molar-refractivity contribution in [1.29, 1.82) is 0 Å². The first kappa shape index (κ1) is 21.5. The molecule has 1 heterocycles. The molecule has 0 aliphatic rings. The monoisotopic (exact) mass is 450 g/mol. The van der Waals surface area contributed by atoms with Crippen molar-refractivity contribution in [2.45, 2.75) is 16.8 Å². The summed E-state index contributed by atoms with van der Waals surface area (Å²) in [5, 5.41) is 2.84. The van der Waals surface area contributed by atoms with E-state index >= 15 is 0 Å². The number of ether oxygens (including phenoxy) is 2. The molecular weight excluding hydrogens is 428 g/mol. The van der Waals surface area contributed by atoms with Crippen molar-refractivity contribution in [2.75, 3.05) is 19.5 Å². The van der Waals surface area contributed by atoms with Crippen molar-refractivity contribution >= 4 is 21.4 Å². The molecule has 1 N–H and O–H groups in total. The van der Waals surface area contributed by atoms with E-state index in [1.54, 1.807) is 87.0 Å². The molecular formula is C24H22N2O5S. The highest BCUT2D eigenvalue weighted by Gasteiger charge is 2.29. The van der Waals surface area contributed by atoms with Crippen LogP contribution in [0.2, 0.25) is 0 Å². The molecule has 4 rings (SSSR count). The number of sulfone groups is 1. The predicted octanol–water partition coefficient (Wildman–Crippen LogP) is 5.24. The maximum atomic E-state index is 13.4. The van der Waals surface area contributed by atoms with Gasteiger partial charge < -0.3 is 19.2 Å². The van der Waals surface area contributed by atoms with Gasteiger partial charge in [0.1, 0.15) is 11.5 Å². The highest BCUT2D eigenvalue weighted by atomic mass is 32.2. The lowest BCUT2D eigenvalue weighted by Crippen LogP contribution is -2.05. The maximum Gasteiger partial charge on any atom is 0.238 e. The fourth-order valence-corrected chi connectivity index (χ4v) is 4.34. The summed E-state index contributed by atoms with van der Waals surface area (Å²) in [5.41, 5.74) is 2.17. The fraction of sp³-hybridized carbons (Fsp3) is 0.125. The number of methoxy groups -OCH3 is 2. The van der Waals surface area contributed by atoms with Crippen LogP contribution in [0.5, 0.6) is 11.5 Å². The molecule has 7 nitrogen and oxygen atoms in total. The third kappa shape index (κ3) is 4.31. The SMILES string of the molecule is COc1ccc(-c2nc(S(=O)(=O)c3ccc(C)cc3)c(Nc3cccc(OC)c3)o2)cc1. The van der Waals surface area contributed by atoms with Gasteiger partial charge in [0.15, 0.2) is 0 Å². The Balaban J connectivity index is 1.82. The quantitative estimate of drug-likeness (QED) is 0.411. The molecule has 0 unspecified atom stereocenters. The van der Waals surface area contributed by atoms with Gasteiger partial charge in [0.2, 0.25) is 26.6 Å². The summed E-state index contributed by atoms with van der Waals surface area (Å²) in [6.45, 7) is 1.89. The molecule has 0 radical (unpaired) electrons. The number of hydrogen-bond donors (Lipinski definition) is 1. The van der Waals surface area contributed by atoms with E-state index in [1.807, 2.05) is 6.92 Å².